The normalized spacial score (nSPS) is 9.08. The summed E-state index contributed by atoms with van der Waals surface area (Å²) in [6.07, 6.45) is 0. The van der Waals surface area contributed by atoms with Gasteiger partial charge in [-0.2, -0.15) is 11.8 Å². The Bertz CT molecular complexity index is 471. The van der Waals surface area contributed by atoms with E-state index in [0.717, 1.165) is 26.4 Å². The van der Waals surface area contributed by atoms with Crippen LogP contribution in [-0.2, 0) is 21.1 Å². The van der Waals surface area contributed by atoms with E-state index >= 15 is 0 Å². The average Bonchev–Trinajstić information content (AvgIpc) is 1.97. The molecule has 1 aromatic carbocycles. The maximum absolute atomic E-state index is 3.86. The van der Waals surface area contributed by atoms with Crippen molar-refractivity contribution in [2.75, 3.05) is 0 Å². The standard InChI is InChI=1S/C11H11.W/c1-7-6-8(2)10(4)11(5)9(7)3;/h1,3-5H2,2H3;/q-1;. The Morgan fingerprint density at radius 2 is 1.42 bits per heavy atom. The fourth-order valence-electron chi connectivity index (χ4n) is 0.968. The number of benzene rings is 1. The van der Waals surface area contributed by atoms with Crippen molar-refractivity contribution >= 4 is 26.3 Å². The minimum atomic E-state index is 0. The van der Waals surface area contributed by atoms with Crippen LogP contribution in [0.1, 0.15) is 5.56 Å². The Kier molecular flexibility index (Phi) is 3.67. The molecule has 0 fully saturated rings. The molecule has 1 heteroatoms. The summed E-state index contributed by atoms with van der Waals surface area (Å²) >= 11 is 0. The van der Waals surface area contributed by atoms with Crippen LogP contribution in [0.4, 0.5) is 0 Å². The SMILES string of the molecule is C=c1[c-]c(C)c(=C)c(=C)c1=C.[W]. The van der Waals surface area contributed by atoms with E-state index in [1.807, 2.05) is 6.92 Å². The summed E-state index contributed by atoms with van der Waals surface area (Å²) in [5.41, 5.74) is 1.01. The second-order valence-corrected chi connectivity index (χ2v) is 2.66. The Hall–Kier alpha value is -0.612. The fourth-order valence-corrected chi connectivity index (χ4v) is 0.968. The van der Waals surface area contributed by atoms with Crippen molar-refractivity contribution in [1.29, 1.82) is 0 Å². The van der Waals surface area contributed by atoms with Crippen molar-refractivity contribution in [2.24, 2.45) is 0 Å². The summed E-state index contributed by atoms with van der Waals surface area (Å²) in [6, 6.07) is 3.07. The number of hydrogen-bond acceptors (Lipinski definition) is 0. The molecule has 0 N–H and O–H groups in total. The van der Waals surface area contributed by atoms with Crippen LogP contribution in [-0.4, -0.2) is 0 Å². The van der Waals surface area contributed by atoms with Crippen LogP contribution in [0.25, 0.3) is 26.3 Å². The van der Waals surface area contributed by atoms with Gasteiger partial charge in [-0.25, -0.2) is 0 Å². The largest absolute Gasteiger partial charge is 0.171 e. The molecular weight excluding hydrogens is 316 g/mol. The molecule has 0 heterocycles. The van der Waals surface area contributed by atoms with Gasteiger partial charge in [0.1, 0.15) is 0 Å². The fraction of sp³-hybridized carbons (Fsp3) is 0.0909. The van der Waals surface area contributed by atoms with Gasteiger partial charge >= 0.3 is 0 Å². The minimum absolute atomic E-state index is 0. The summed E-state index contributed by atoms with van der Waals surface area (Å²) in [4.78, 5) is 0. The van der Waals surface area contributed by atoms with E-state index in [9.17, 15) is 0 Å². The zero-order valence-electron chi connectivity index (χ0n) is 7.24. The Labute approximate surface area is 86.9 Å². The molecule has 0 bridgehead atoms. The molecule has 1 rings (SSSR count). The van der Waals surface area contributed by atoms with Crippen LogP contribution in [0.3, 0.4) is 0 Å². The average molecular weight is 327 g/mol. The van der Waals surface area contributed by atoms with Crippen LogP contribution in [0.5, 0.6) is 0 Å². The van der Waals surface area contributed by atoms with Gasteiger partial charge in [0.25, 0.3) is 0 Å². The van der Waals surface area contributed by atoms with Crippen molar-refractivity contribution in [3.63, 3.8) is 0 Å². The zero-order chi connectivity index (χ0) is 8.59. The third-order valence-corrected chi connectivity index (χ3v) is 1.88. The number of hydrogen-bond donors (Lipinski definition) is 0. The molecule has 0 spiro atoms. The van der Waals surface area contributed by atoms with E-state index in [1.54, 1.807) is 0 Å². The van der Waals surface area contributed by atoms with Gasteiger partial charge < -0.3 is 0 Å². The summed E-state index contributed by atoms with van der Waals surface area (Å²) < 4.78 is 0. The van der Waals surface area contributed by atoms with Gasteiger partial charge in [0, 0.05) is 21.1 Å². The minimum Gasteiger partial charge on any atom is -0.171 e. The second kappa shape index (κ2) is 3.87. The third kappa shape index (κ3) is 1.76. The van der Waals surface area contributed by atoms with Gasteiger partial charge in [-0.05, 0) is 0 Å². The molecule has 0 atom stereocenters. The van der Waals surface area contributed by atoms with E-state index in [-0.39, 0.29) is 21.1 Å². The molecule has 0 saturated heterocycles. The molecule has 0 radical (unpaired) electrons. The quantitative estimate of drug-likeness (QED) is 0.560. The van der Waals surface area contributed by atoms with Crippen LogP contribution < -0.4 is 20.9 Å². The van der Waals surface area contributed by atoms with Crippen molar-refractivity contribution in [2.45, 2.75) is 6.92 Å². The summed E-state index contributed by atoms with van der Waals surface area (Å²) in [5.74, 6) is 0. The van der Waals surface area contributed by atoms with Crippen LogP contribution in [0.15, 0.2) is 0 Å². The molecule has 0 aliphatic rings. The number of rotatable bonds is 0. The van der Waals surface area contributed by atoms with Crippen molar-refractivity contribution < 1.29 is 21.1 Å². The first-order chi connectivity index (χ1) is 5.04. The first kappa shape index (κ1) is 11.4. The van der Waals surface area contributed by atoms with Crippen molar-refractivity contribution in [3.8, 4) is 0 Å². The predicted molar refractivity (Wildman–Crippen MR) is 50.6 cm³/mol. The molecule has 0 saturated carbocycles. The van der Waals surface area contributed by atoms with E-state index in [1.165, 1.54) is 0 Å². The zero-order valence-corrected chi connectivity index (χ0v) is 10.2. The topological polar surface area (TPSA) is 0 Å². The molecule has 0 aromatic heterocycles. The van der Waals surface area contributed by atoms with Crippen LogP contribution in [0.2, 0.25) is 0 Å². The predicted octanol–water partition coefficient (Wildman–Crippen LogP) is -0.566. The molecule has 1 aromatic rings. The maximum atomic E-state index is 3.86. The van der Waals surface area contributed by atoms with Gasteiger partial charge in [0.05, 0.1) is 0 Å². The monoisotopic (exact) mass is 327 g/mol. The third-order valence-electron chi connectivity index (χ3n) is 1.88. The molecule has 62 valence electrons. The van der Waals surface area contributed by atoms with Gasteiger partial charge in [0.15, 0.2) is 0 Å². The first-order valence-electron chi connectivity index (χ1n) is 3.41. The second-order valence-electron chi connectivity index (χ2n) is 2.66. The van der Waals surface area contributed by atoms with E-state index < -0.39 is 0 Å². The summed E-state index contributed by atoms with van der Waals surface area (Å²) in [6.45, 7) is 17.3. The molecular formula is C11H11W-. The van der Waals surface area contributed by atoms with Crippen LogP contribution >= 0.6 is 0 Å². The summed E-state index contributed by atoms with van der Waals surface area (Å²) in [5, 5.41) is 3.47. The van der Waals surface area contributed by atoms with Gasteiger partial charge in [-0.3, -0.25) is 0 Å². The molecule has 0 unspecified atom stereocenters. The molecule has 12 heavy (non-hydrogen) atoms. The van der Waals surface area contributed by atoms with Crippen molar-refractivity contribution in [1.82, 2.24) is 0 Å². The Morgan fingerprint density at radius 3 is 1.92 bits per heavy atom. The van der Waals surface area contributed by atoms with E-state index in [2.05, 4.69) is 32.4 Å². The molecule has 0 aliphatic carbocycles. The maximum Gasteiger partial charge on any atom is 0 e. The van der Waals surface area contributed by atoms with Crippen LogP contribution in [0, 0.1) is 13.0 Å². The number of aryl methyl sites for hydroxylation is 1. The van der Waals surface area contributed by atoms with Gasteiger partial charge in [-0.1, -0.05) is 6.92 Å². The first-order valence-corrected chi connectivity index (χ1v) is 3.41. The summed E-state index contributed by atoms with van der Waals surface area (Å²) in [7, 11) is 0. The van der Waals surface area contributed by atoms with Gasteiger partial charge in [-0.15, -0.1) is 47.0 Å². The molecule has 0 nitrogen and oxygen atoms in total. The van der Waals surface area contributed by atoms with E-state index in [4.69, 9.17) is 0 Å². The van der Waals surface area contributed by atoms with Gasteiger partial charge in [0.2, 0.25) is 0 Å². The Morgan fingerprint density at radius 1 is 0.917 bits per heavy atom. The Balaban J connectivity index is 0.00000121. The molecule has 0 aliphatic heterocycles. The molecule has 0 amide bonds. The smallest absolute Gasteiger partial charge is 0 e. The van der Waals surface area contributed by atoms with Crippen molar-refractivity contribution in [3.05, 3.63) is 32.5 Å². The van der Waals surface area contributed by atoms with E-state index in [0.29, 0.717) is 0 Å².